The minimum Gasteiger partial charge on any atom is -0.490 e. The normalized spacial score (nSPS) is 17.8. The Labute approximate surface area is 212 Å². The summed E-state index contributed by atoms with van der Waals surface area (Å²) in [5.74, 6) is -1.68. The van der Waals surface area contributed by atoms with Gasteiger partial charge in [-0.05, 0) is 66.5 Å². The van der Waals surface area contributed by atoms with Gasteiger partial charge in [-0.2, -0.15) is 4.39 Å². The average molecular weight is 497 g/mol. The van der Waals surface area contributed by atoms with E-state index >= 15 is 0 Å². The lowest BCUT2D eigenvalue weighted by molar-refractivity contribution is -0.0211. The molecule has 1 heterocycles. The van der Waals surface area contributed by atoms with Crippen molar-refractivity contribution in [3.8, 4) is 28.0 Å². The van der Waals surface area contributed by atoms with Gasteiger partial charge in [-0.3, -0.25) is 0 Å². The number of benzene rings is 3. The van der Waals surface area contributed by atoms with Crippen LogP contribution in [-0.2, 0) is 4.74 Å². The Balaban J connectivity index is 1.45. The molecule has 4 rings (SSSR count). The molecule has 0 spiro atoms. The topological polar surface area (TPSA) is 18.5 Å². The third-order valence-corrected chi connectivity index (χ3v) is 7.00. The number of rotatable bonds is 10. The zero-order valence-electron chi connectivity index (χ0n) is 21.2. The molecule has 0 aromatic heterocycles. The summed E-state index contributed by atoms with van der Waals surface area (Å²) >= 11 is 0. The summed E-state index contributed by atoms with van der Waals surface area (Å²) in [6.07, 6.45) is 6.79. The van der Waals surface area contributed by atoms with Gasteiger partial charge in [0.25, 0.3) is 0 Å². The molecule has 1 saturated heterocycles. The van der Waals surface area contributed by atoms with Crippen molar-refractivity contribution in [2.24, 2.45) is 5.92 Å². The van der Waals surface area contributed by atoms with E-state index in [4.69, 9.17) is 9.47 Å². The maximum Gasteiger partial charge on any atom is 0.201 e. The molecule has 2 nitrogen and oxygen atoms in total. The summed E-state index contributed by atoms with van der Waals surface area (Å²) < 4.78 is 55.7. The van der Waals surface area contributed by atoms with Crippen LogP contribution < -0.4 is 4.74 Å². The predicted octanol–water partition coefficient (Wildman–Crippen LogP) is 9.27. The van der Waals surface area contributed by atoms with Crippen molar-refractivity contribution in [3.05, 3.63) is 77.6 Å². The molecule has 0 amide bonds. The molecular weight excluding hydrogens is 461 g/mol. The lowest BCUT2D eigenvalue weighted by atomic mass is 9.91. The van der Waals surface area contributed by atoms with Gasteiger partial charge in [0.2, 0.25) is 5.82 Å². The molecule has 3 aromatic carbocycles. The predicted molar refractivity (Wildman–Crippen MR) is 139 cm³/mol. The average Bonchev–Trinajstić information content (AvgIpc) is 2.90. The van der Waals surface area contributed by atoms with Crippen molar-refractivity contribution >= 4 is 0 Å². The highest BCUT2D eigenvalue weighted by Crippen LogP contribution is 2.36. The van der Waals surface area contributed by atoms with Gasteiger partial charge in [0, 0.05) is 11.1 Å². The molecule has 0 bridgehead atoms. The third-order valence-electron chi connectivity index (χ3n) is 7.00. The number of unbranched alkanes of at least 4 members (excludes halogenated alkanes) is 2. The van der Waals surface area contributed by atoms with Crippen LogP contribution in [0, 0.1) is 23.4 Å². The van der Waals surface area contributed by atoms with Crippen molar-refractivity contribution < 1.29 is 22.6 Å². The first kappa shape index (κ1) is 26.3. The molecule has 0 aliphatic carbocycles. The van der Waals surface area contributed by atoms with E-state index in [1.54, 1.807) is 30.3 Å². The summed E-state index contributed by atoms with van der Waals surface area (Å²) in [6, 6.07) is 15.3. The van der Waals surface area contributed by atoms with Crippen LogP contribution in [0.4, 0.5) is 13.2 Å². The van der Waals surface area contributed by atoms with Gasteiger partial charge in [0.15, 0.2) is 11.6 Å². The minimum absolute atomic E-state index is 0.0673. The van der Waals surface area contributed by atoms with Gasteiger partial charge in [0.1, 0.15) is 5.82 Å². The van der Waals surface area contributed by atoms with Crippen LogP contribution in [0.15, 0.2) is 54.6 Å². The van der Waals surface area contributed by atoms with Crippen LogP contribution >= 0.6 is 0 Å². The Hall–Kier alpha value is -2.79. The van der Waals surface area contributed by atoms with Gasteiger partial charge in [-0.1, -0.05) is 69.5 Å². The van der Waals surface area contributed by atoms with E-state index in [-0.39, 0.29) is 23.2 Å². The second-order valence-corrected chi connectivity index (χ2v) is 9.66. The molecule has 36 heavy (non-hydrogen) atoms. The zero-order valence-corrected chi connectivity index (χ0v) is 21.2. The van der Waals surface area contributed by atoms with E-state index in [2.05, 4.69) is 13.8 Å². The van der Waals surface area contributed by atoms with Gasteiger partial charge >= 0.3 is 0 Å². The second kappa shape index (κ2) is 12.4. The van der Waals surface area contributed by atoms with Gasteiger partial charge < -0.3 is 9.47 Å². The summed E-state index contributed by atoms with van der Waals surface area (Å²) in [4.78, 5) is 0. The molecule has 2 unspecified atom stereocenters. The third kappa shape index (κ3) is 6.12. The first-order valence-corrected chi connectivity index (χ1v) is 13.1. The maximum absolute atomic E-state index is 15.0. The quantitative estimate of drug-likeness (QED) is 0.260. The Kier molecular flexibility index (Phi) is 9.08. The van der Waals surface area contributed by atoms with Gasteiger partial charge in [-0.25, -0.2) is 8.78 Å². The number of hydrogen-bond acceptors (Lipinski definition) is 2. The second-order valence-electron chi connectivity index (χ2n) is 9.66. The van der Waals surface area contributed by atoms with E-state index in [0.717, 1.165) is 56.1 Å². The van der Waals surface area contributed by atoms with Crippen molar-refractivity contribution in [2.75, 3.05) is 13.2 Å². The maximum atomic E-state index is 15.0. The Morgan fingerprint density at radius 1 is 0.806 bits per heavy atom. The molecule has 0 saturated carbocycles. The Morgan fingerprint density at radius 2 is 1.56 bits per heavy atom. The smallest absolute Gasteiger partial charge is 0.201 e. The van der Waals surface area contributed by atoms with Crippen molar-refractivity contribution in [1.82, 2.24) is 0 Å². The molecule has 0 N–H and O–H groups in total. The van der Waals surface area contributed by atoms with E-state index in [1.165, 1.54) is 18.2 Å². The number of ether oxygens (including phenoxy) is 2. The monoisotopic (exact) mass is 496 g/mol. The molecule has 1 fully saturated rings. The van der Waals surface area contributed by atoms with Crippen molar-refractivity contribution in [2.45, 2.75) is 64.9 Å². The van der Waals surface area contributed by atoms with Crippen molar-refractivity contribution in [1.29, 1.82) is 0 Å². The highest BCUT2D eigenvalue weighted by Gasteiger charge is 2.25. The first-order chi connectivity index (χ1) is 17.5. The van der Waals surface area contributed by atoms with Crippen molar-refractivity contribution in [3.63, 3.8) is 0 Å². The molecule has 5 heteroatoms. The highest BCUT2D eigenvalue weighted by molar-refractivity contribution is 5.71. The van der Waals surface area contributed by atoms with E-state index in [9.17, 15) is 13.2 Å². The fraction of sp³-hybridized carbons (Fsp3) is 0.419. The molecule has 1 aliphatic heterocycles. The van der Waals surface area contributed by atoms with Gasteiger partial charge in [-0.15, -0.1) is 0 Å². The Morgan fingerprint density at radius 3 is 2.22 bits per heavy atom. The van der Waals surface area contributed by atoms with E-state index < -0.39 is 11.6 Å². The molecular formula is C31H35F3O2. The highest BCUT2D eigenvalue weighted by atomic mass is 19.2. The van der Waals surface area contributed by atoms with Crippen LogP contribution in [0.2, 0.25) is 0 Å². The minimum atomic E-state index is -0.975. The first-order valence-electron chi connectivity index (χ1n) is 13.1. The zero-order chi connectivity index (χ0) is 25.5. The van der Waals surface area contributed by atoms with Gasteiger partial charge in [0.05, 0.1) is 19.3 Å². The molecule has 0 radical (unpaired) electrons. The Bertz CT molecular complexity index is 1140. The van der Waals surface area contributed by atoms with Crippen LogP contribution in [0.5, 0.6) is 5.75 Å². The van der Waals surface area contributed by atoms with Crippen LogP contribution in [0.1, 0.15) is 70.5 Å². The lowest BCUT2D eigenvalue weighted by Crippen LogP contribution is -2.21. The van der Waals surface area contributed by atoms with E-state index in [0.29, 0.717) is 30.3 Å². The summed E-state index contributed by atoms with van der Waals surface area (Å²) in [6.45, 7) is 5.29. The number of halogens is 3. The molecule has 192 valence electrons. The van der Waals surface area contributed by atoms with E-state index in [1.807, 2.05) is 6.07 Å². The fourth-order valence-corrected chi connectivity index (χ4v) is 4.90. The number of hydrogen-bond donors (Lipinski definition) is 0. The largest absolute Gasteiger partial charge is 0.490 e. The molecule has 2 atom stereocenters. The fourth-order valence-electron chi connectivity index (χ4n) is 4.90. The lowest BCUT2D eigenvalue weighted by Gasteiger charge is -2.29. The molecule has 1 aliphatic rings. The SMILES string of the molecule is CCCCCOc1ccc(-c2ccc(-c3ccc(C4CCC(CCC)CO4)c(F)c3)cc2)c(F)c1F. The van der Waals surface area contributed by atoms with Crippen LogP contribution in [0.25, 0.3) is 22.3 Å². The standard InChI is InChI=1S/C31H35F3O2/c1-3-5-6-18-35-29-17-15-25(30(33)31(29)34)23-11-9-22(10-12-23)24-13-14-26(27(32)19-24)28-16-8-21(7-4-2)20-36-28/h9-15,17,19,21,28H,3-8,16,18,20H2,1-2H3. The molecule has 3 aromatic rings. The summed E-state index contributed by atoms with van der Waals surface area (Å²) in [5, 5.41) is 0. The summed E-state index contributed by atoms with van der Waals surface area (Å²) in [5.41, 5.74) is 2.83. The van der Waals surface area contributed by atoms with Crippen LogP contribution in [-0.4, -0.2) is 13.2 Å². The van der Waals surface area contributed by atoms with Crippen LogP contribution in [0.3, 0.4) is 0 Å². The summed E-state index contributed by atoms with van der Waals surface area (Å²) in [7, 11) is 0.